The maximum Gasteiger partial charge on any atom is 0.257 e. The van der Waals surface area contributed by atoms with E-state index < -0.39 is 0 Å². The molecule has 6 rings (SSSR count). The second kappa shape index (κ2) is 10.8. The summed E-state index contributed by atoms with van der Waals surface area (Å²) >= 11 is 0. The Bertz CT molecular complexity index is 1120. The van der Waals surface area contributed by atoms with Crippen LogP contribution in [0, 0.1) is 37.5 Å². The second-order valence-corrected chi connectivity index (χ2v) is 12.2. The average molecular weight is 516 g/mol. The lowest BCUT2D eigenvalue weighted by molar-refractivity contribution is -0.142. The number of nitrogens with zero attached hydrogens (tertiary/aromatic N) is 5. The van der Waals surface area contributed by atoms with Gasteiger partial charge in [-0.3, -0.25) is 9.59 Å². The van der Waals surface area contributed by atoms with Crippen molar-refractivity contribution >= 4 is 11.8 Å². The van der Waals surface area contributed by atoms with Gasteiger partial charge >= 0.3 is 0 Å². The molecule has 1 unspecified atom stereocenters. The number of carbonyl (C=O) groups excluding carboxylic acids is 2. The standard InChI is InChI=1S/C31H41N5O2/c1-21-29(22(2)33-20-32-21)31(38)36-16-25-14-34(15-26(25)17-36)13-12-28(23-8-4-3-5-9-23)27-18-35(19-27)30(37)24-10-6-7-11-24/h3-5,8-9,20,24-28H,6-7,10-19H2,1-2H3/t25-,26+,28?. The summed E-state index contributed by atoms with van der Waals surface area (Å²) in [7, 11) is 0. The van der Waals surface area contributed by atoms with Crippen LogP contribution in [0.15, 0.2) is 36.7 Å². The molecule has 38 heavy (non-hydrogen) atoms. The minimum absolute atomic E-state index is 0.0902. The van der Waals surface area contributed by atoms with Crippen LogP contribution in [0.2, 0.25) is 0 Å². The van der Waals surface area contributed by atoms with Gasteiger partial charge in [0.1, 0.15) is 6.33 Å². The topological polar surface area (TPSA) is 69.6 Å². The van der Waals surface area contributed by atoms with Gasteiger partial charge in [-0.15, -0.1) is 0 Å². The molecule has 4 fully saturated rings. The SMILES string of the molecule is Cc1ncnc(C)c1C(=O)N1C[C@H]2CN(CCC(c3ccccc3)C3CN(C(=O)C4CCCC4)C3)C[C@H]2C1. The number of amides is 2. The van der Waals surface area contributed by atoms with Crippen molar-refractivity contribution in [2.24, 2.45) is 23.7 Å². The Labute approximate surface area is 226 Å². The van der Waals surface area contributed by atoms with Gasteiger partial charge in [-0.1, -0.05) is 43.2 Å². The van der Waals surface area contributed by atoms with Crippen LogP contribution in [-0.4, -0.2) is 82.3 Å². The minimum Gasteiger partial charge on any atom is -0.342 e. The summed E-state index contributed by atoms with van der Waals surface area (Å²) in [4.78, 5) is 41.4. The van der Waals surface area contributed by atoms with Crippen molar-refractivity contribution in [1.82, 2.24) is 24.7 Å². The summed E-state index contributed by atoms with van der Waals surface area (Å²) in [6, 6.07) is 10.9. The van der Waals surface area contributed by atoms with Crippen molar-refractivity contribution < 1.29 is 9.59 Å². The second-order valence-electron chi connectivity index (χ2n) is 12.2. The fourth-order valence-corrected chi connectivity index (χ4v) is 7.57. The van der Waals surface area contributed by atoms with Gasteiger partial charge < -0.3 is 14.7 Å². The molecule has 0 bridgehead atoms. The van der Waals surface area contributed by atoms with Gasteiger partial charge in [-0.05, 0) is 63.0 Å². The Morgan fingerprint density at radius 1 is 0.868 bits per heavy atom. The van der Waals surface area contributed by atoms with Crippen molar-refractivity contribution in [2.45, 2.75) is 51.9 Å². The van der Waals surface area contributed by atoms with Gasteiger partial charge in [-0.2, -0.15) is 0 Å². The van der Waals surface area contributed by atoms with Crippen molar-refractivity contribution in [2.75, 3.05) is 45.8 Å². The summed E-state index contributed by atoms with van der Waals surface area (Å²) in [6.07, 6.45) is 7.26. The van der Waals surface area contributed by atoms with Crippen molar-refractivity contribution in [1.29, 1.82) is 0 Å². The van der Waals surface area contributed by atoms with E-state index >= 15 is 0 Å². The van der Waals surface area contributed by atoms with Crippen LogP contribution < -0.4 is 0 Å². The first-order valence-electron chi connectivity index (χ1n) is 14.6. The fraction of sp³-hybridized carbons (Fsp3) is 0.613. The van der Waals surface area contributed by atoms with Gasteiger partial charge in [0.25, 0.3) is 5.91 Å². The van der Waals surface area contributed by atoms with Gasteiger partial charge in [0, 0.05) is 51.1 Å². The third-order valence-electron chi connectivity index (χ3n) is 9.77. The maximum atomic E-state index is 13.3. The molecule has 7 heteroatoms. The predicted molar refractivity (Wildman–Crippen MR) is 147 cm³/mol. The van der Waals surface area contributed by atoms with Crippen LogP contribution in [0.1, 0.15) is 65.3 Å². The van der Waals surface area contributed by atoms with Crippen LogP contribution in [0.3, 0.4) is 0 Å². The van der Waals surface area contributed by atoms with E-state index in [4.69, 9.17) is 0 Å². The summed E-state index contributed by atoms with van der Waals surface area (Å²) in [5, 5.41) is 0. The number of aryl methyl sites for hydroxylation is 2. The smallest absolute Gasteiger partial charge is 0.257 e. The average Bonchev–Trinajstić information content (AvgIpc) is 3.62. The number of carbonyl (C=O) groups is 2. The molecule has 1 saturated carbocycles. The molecule has 3 aliphatic heterocycles. The lowest BCUT2D eigenvalue weighted by atomic mass is 9.78. The summed E-state index contributed by atoms with van der Waals surface area (Å²) in [6.45, 7) is 10.5. The summed E-state index contributed by atoms with van der Waals surface area (Å²) in [5.74, 6) is 2.91. The van der Waals surface area contributed by atoms with E-state index in [0.29, 0.717) is 35.1 Å². The number of likely N-dealkylation sites (tertiary alicyclic amines) is 3. The Kier molecular flexibility index (Phi) is 7.21. The fourth-order valence-electron chi connectivity index (χ4n) is 7.57. The third-order valence-corrected chi connectivity index (χ3v) is 9.77. The lowest BCUT2D eigenvalue weighted by Gasteiger charge is -2.45. The van der Waals surface area contributed by atoms with Crippen LogP contribution in [0.25, 0.3) is 0 Å². The number of fused-ring (bicyclic) bond motifs is 1. The Morgan fingerprint density at radius 2 is 1.50 bits per heavy atom. The third kappa shape index (κ3) is 4.97. The summed E-state index contributed by atoms with van der Waals surface area (Å²) in [5.41, 5.74) is 3.63. The molecule has 0 radical (unpaired) electrons. The first-order chi connectivity index (χ1) is 18.5. The van der Waals surface area contributed by atoms with Gasteiger partial charge in [-0.25, -0.2) is 9.97 Å². The van der Waals surface area contributed by atoms with Gasteiger partial charge in [0.05, 0.1) is 17.0 Å². The zero-order chi connectivity index (χ0) is 26.2. The molecule has 0 spiro atoms. The van der Waals surface area contributed by atoms with Crippen LogP contribution >= 0.6 is 0 Å². The molecule has 1 aromatic heterocycles. The van der Waals surface area contributed by atoms with Gasteiger partial charge in [0.2, 0.25) is 5.91 Å². The Balaban J connectivity index is 1.03. The number of hydrogen-bond donors (Lipinski definition) is 0. The largest absolute Gasteiger partial charge is 0.342 e. The molecular weight excluding hydrogens is 474 g/mol. The number of hydrogen-bond acceptors (Lipinski definition) is 5. The maximum absolute atomic E-state index is 13.3. The molecule has 202 valence electrons. The van der Waals surface area contributed by atoms with E-state index in [1.165, 1.54) is 24.7 Å². The van der Waals surface area contributed by atoms with E-state index in [0.717, 1.165) is 76.5 Å². The zero-order valence-electron chi connectivity index (χ0n) is 22.9. The van der Waals surface area contributed by atoms with Crippen molar-refractivity contribution in [3.8, 4) is 0 Å². The molecule has 0 N–H and O–H groups in total. The van der Waals surface area contributed by atoms with Crippen LogP contribution in [0.5, 0.6) is 0 Å². The van der Waals surface area contributed by atoms with E-state index in [1.54, 1.807) is 0 Å². The highest BCUT2D eigenvalue weighted by atomic mass is 16.2. The Morgan fingerprint density at radius 3 is 2.13 bits per heavy atom. The molecule has 2 aromatic rings. The minimum atomic E-state index is 0.0902. The van der Waals surface area contributed by atoms with E-state index in [-0.39, 0.29) is 11.8 Å². The molecule has 2 amide bonds. The highest BCUT2D eigenvalue weighted by molar-refractivity contribution is 5.96. The van der Waals surface area contributed by atoms with E-state index in [1.807, 2.05) is 18.7 Å². The lowest BCUT2D eigenvalue weighted by Crippen LogP contribution is -2.54. The van der Waals surface area contributed by atoms with Crippen LogP contribution in [-0.2, 0) is 4.79 Å². The van der Waals surface area contributed by atoms with Crippen LogP contribution in [0.4, 0.5) is 0 Å². The molecular formula is C31H41N5O2. The molecule has 4 aliphatic rings. The number of benzene rings is 1. The monoisotopic (exact) mass is 515 g/mol. The molecule has 3 saturated heterocycles. The van der Waals surface area contributed by atoms with Crippen molar-refractivity contribution in [3.05, 3.63) is 59.2 Å². The quantitative estimate of drug-likeness (QED) is 0.559. The number of rotatable bonds is 7. The molecule has 1 aliphatic carbocycles. The molecule has 3 atom stereocenters. The first kappa shape index (κ1) is 25.5. The first-order valence-corrected chi connectivity index (χ1v) is 14.6. The summed E-state index contributed by atoms with van der Waals surface area (Å²) < 4.78 is 0. The molecule has 1 aromatic carbocycles. The normalized spacial score (nSPS) is 25.0. The number of aromatic nitrogens is 2. The van der Waals surface area contributed by atoms with Gasteiger partial charge in [0.15, 0.2) is 0 Å². The van der Waals surface area contributed by atoms with Crippen molar-refractivity contribution in [3.63, 3.8) is 0 Å². The predicted octanol–water partition coefficient (Wildman–Crippen LogP) is 3.92. The highest BCUT2D eigenvalue weighted by Gasteiger charge is 2.43. The zero-order valence-corrected chi connectivity index (χ0v) is 22.9. The highest BCUT2D eigenvalue weighted by Crippen LogP contribution is 2.38. The molecule has 7 nitrogen and oxygen atoms in total. The van der Waals surface area contributed by atoms with E-state index in [2.05, 4.69) is 50.1 Å². The molecule has 4 heterocycles. The van der Waals surface area contributed by atoms with E-state index in [9.17, 15) is 9.59 Å². The Hall–Kier alpha value is -2.80.